The van der Waals surface area contributed by atoms with Gasteiger partial charge >= 0.3 is 6.18 Å². The third-order valence-corrected chi connectivity index (χ3v) is 6.66. The van der Waals surface area contributed by atoms with E-state index >= 15 is 4.39 Å². The maximum atomic E-state index is 15.5. The van der Waals surface area contributed by atoms with E-state index in [1.165, 1.54) is 38.6 Å². The molecule has 6 aromatic rings. The summed E-state index contributed by atoms with van der Waals surface area (Å²) in [6.45, 7) is 3.29. The van der Waals surface area contributed by atoms with E-state index in [0.29, 0.717) is 33.8 Å². The van der Waals surface area contributed by atoms with Crippen molar-refractivity contribution >= 4 is 39.6 Å². The Hall–Kier alpha value is -5.01. The average Bonchev–Trinajstić information content (AvgIpc) is 3.56. The number of nitrogen functional groups attached to an aromatic ring is 1. The highest BCUT2D eigenvalue weighted by Crippen LogP contribution is 2.31. The minimum absolute atomic E-state index is 0.161. The van der Waals surface area contributed by atoms with Gasteiger partial charge in [-0.1, -0.05) is 0 Å². The molecule has 1 aromatic carbocycles. The molecule has 1 amide bonds. The lowest BCUT2D eigenvalue weighted by Crippen LogP contribution is -2.31. The number of halogens is 4. The van der Waals surface area contributed by atoms with Crippen LogP contribution in [0.1, 0.15) is 33.0 Å². The number of amides is 1. The standard InChI is InChI=1S/C26H21F4N9O/c1-13-21(11-36(3)35-13)38(10-16-9-37-8-15(26(28,29)30)4-5-22(37)33-16)25(40)17-6-20-19(7-18(17)27)34-24(31)23-14(2)32-12-39(20)23/h4-9,11-12H,10H2,1-3H3,(H2,31,34). The second-order valence-corrected chi connectivity index (χ2v) is 9.44. The molecule has 0 saturated heterocycles. The monoisotopic (exact) mass is 551 g/mol. The number of carbonyl (C=O) groups is 1. The van der Waals surface area contributed by atoms with Gasteiger partial charge in [0.05, 0.1) is 51.5 Å². The summed E-state index contributed by atoms with van der Waals surface area (Å²) in [6, 6.07) is 4.69. The normalized spacial score (nSPS) is 12.2. The zero-order chi connectivity index (χ0) is 28.5. The van der Waals surface area contributed by atoms with Crippen molar-refractivity contribution in [1.29, 1.82) is 0 Å². The van der Waals surface area contributed by atoms with E-state index in [2.05, 4.69) is 20.1 Å². The maximum Gasteiger partial charge on any atom is 0.417 e. The molecule has 0 fully saturated rings. The topological polar surface area (TPSA) is 112 Å². The van der Waals surface area contributed by atoms with Crippen LogP contribution in [0.15, 0.2) is 49.2 Å². The van der Waals surface area contributed by atoms with Gasteiger partial charge < -0.3 is 10.1 Å². The van der Waals surface area contributed by atoms with E-state index in [9.17, 15) is 18.0 Å². The second-order valence-electron chi connectivity index (χ2n) is 9.44. The fourth-order valence-electron chi connectivity index (χ4n) is 4.82. The SMILES string of the molecule is Cc1nn(C)cc1N(Cc1cn2cc(C(F)(F)F)ccc2n1)C(=O)c1cc2c(cc1F)nc(N)c1c(C)ncn12. The van der Waals surface area contributed by atoms with Gasteiger partial charge in [-0.05, 0) is 32.0 Å². The summed E-state index contributed by atoms with van der Waals surface area (Å²) in [5, 5.41) is 4.30. The third-order valence-electron chi connectivity index (χ3n) is 6.66. The van der Waals surface area contributed by atoms with E-state index in [4.69, 9.17) is 5.73 Å². The van der Waals surface area contributed by atoms with Gasteiger partial charge in [-0.2, -0.15) is 18.3 Å². The third kappa shape index (κ3) is 4.08. The molecule has 0 saturated carbocycles. The van der Waals surface area contributed by atoms with E-state index in [0.717, 1.165) is 18.3 Å². The quantitative estimate of drug-likeness (QED) is 0.324. The zero-order valence-corrected chi connectivity index (χ0v) is 21.4. The summed E-state index contributed by atoms with van der Waals surface area (Å²) >= 11 is 0. The fraction of sp³-hybridized carbons (Fsp3) is 0.192. The number of benzene rings is 1. The van der Waals surface area contributed by atoms with Crippen molar-refractivity contribution in [2.75, 3.05) is 10.6 Å². The Labute approximate surface area is 223 Å². The Morgan fingerprint density at radius 1 is 1.07 bits per heavy atom. The summed E-state index contributed by atoms with van der Waals surface area (Å²) < 4.78 is 59.5. The molecule has 2 N–H and O–H groups in total. The lowest BCUT2D eigenvalue weighted by atomic mass is 10.1. The molecule has 5 heterocycles. The van der Waals surface area contributed by atoms with Crippen LogP contribution in [0.5, 0.6) is 0 Å². The molecule has 6 rings (SSSR count). The van der Waals surface area contributed by atoms with Gasteiger partial charge in [0, 0.05) is 31.7 Å². The number of imidazole rings is 2. The van der Waals surface area contributed by atoms with Crippen LogP contribution < -0.4 is 10.6 Å². The molecule has 0 aliphatic rings. The van der Waals surface area contributed by atoms with Crippen LogP contribution >= 0.6 is 0 Å². The Kier molecular flexibility index (Phi) is 5.53. The first-order valence-corrected chi connectivity index (χ1v) is 12.0. The Morgan fingerprint density at radius 2 is 1.85 bits per heavy atom. The fourth-order valence-corrected chi connectivity index (χ4v) is 4.82. The number of aromatic nitrogens is 7. The molecule has 204 valence electrons. The predicted octanol–water partition coefficient (Wildman–Crippen LogP) is 4.47. The van der Waals surface area contributed by atoms with Crippen molar-refractivity contribution in [1.82, 2.24) is 33.5 Å². The second kappa shape index (κ2) is 8.76. The highest BCUT2D eigenvalue weighted by Gasteiger charge is 2.31. The van der Waals surface area contributed by atoms with Gasteiger partial charge in [0.1, 0.15) is 29.1 Å². The first kappa shape index (κ1) is 25.3. The molecule has 0 atom stereocenters. The largest absolute Gasteiger partial charge is 0.417 e. The number of aryl methyl sites for hydroxylation is 3. The number of hydrogen-bond donors (Lipinski definition) is 1. The molecule has 14 heteroatoms. The number of pyridine rings is 1. The average molecular weight is 552 g/mol. The summed E-state index contributed by atoms with van der Waals surface area (Å²) in [4.78, 5) is 28.2. The van der Waals surface area contributed by atoms with Crippen molar-refractivity contribution in [3.05, 3.63) is 83.2 Å². The van der Waals surface area contributed by atoms with E-state index in [1.807, 2.05) is 0 Å². The van der Waals surface area contributed by atoms with Gasteiger partial charge in [0.25, 0.3) is 5.91 Å². The summed E-state index contributed by atoms with van der Waals surface area (Å²) in [5.74, 6) is -1.35. The molecular weight excluding hydrogens is 530 g/mol. The molecule has 0 unspecified atom stereocenters. The highest BCUT2D eigenvalue weighted by molar-refractivity contribution is 6.08. The maximum absolute atomic E-state index is 15.5. The lowest BCUT2D eigenvalue weighted by molar-refractivity contribution is -0.137. The van der Waals surface area contributed by atoms with Gasteiger partial charge in [-0.15, -0.1) is 0 Å². The van der Waals surface area contributed by atoms with Crippen molar-refractivity contribution in [3.8, 4) is 0 Å². The smallest absolute Gasteiger partial charge is 0.382 e. The van der Waals surface area contributed by atoms with Crippen molar-refractivity contribution in [2.24, 2.45) is 7.05 Å². The Bertz CT molecular complexity index is 1970. The summed E-state index contributed by atoms with van der Waals surface area (Å²) in [5.41, 5.74) is 8.22. The number of carbonyl (C=O) groups excluding carboxylic acids is 1. The lowest BCUT2D eigenvalue weighted by Gasteiger charge is -2.22. The molecule has 0 spiro atoms. The molecule has 0 bridgehead atoms. The number of nitrogens with two attached hydrogens (primary N) is 1. The minimum Gasteiger partial charge on any atom is -0.382 e. The van der Waals surface area contributed by atoms with Crippen molar-refractivity contribution in [2.45, 2.75) is 26.6 Å². The van der Waals surface area contributed by atoms with E-state index in [1.54, 1.807) is 31.5 Å². The molecule has 0 aliphatic heterocycles. The Balaban J connectivity index is 1.47. The zero-order valence-electron chi connectivity index (χ0n) is 21.4. The molecule has 0 aliphatic carbocycles. The van der Waals surface area contributed by atoms with Gasteiger partial charge in [-0.25, -0.2) is 19.3 Å². The highest BCUT2D eigenvalue weighted by atomic mass is 19.4. The number of anilines is 2. The van der Waals surface area contributed by atoms with Crippen LogP contribution in [0.3, 0.4) is 0 Å². The number of fused-ring (bicyclic) bond motifs is 4. The number of alkyl halides is 3. The molecule has 40 heavy (non-hydrogen) atoms. The van der Waals surface area contributed by atoms with Crippen LogP contribution in [-0.4, -0.2) is 39.4 Å². The molecule has 5 aromatic heterocycles. The van der Waals surface area contributed by atoms with Crippen LogP contribution in [-0.2, 0) is 19.8 Å². The van der Waals surface area contributed by atoms with Crippen LogP contribution in [0.25, 0.3) is 22.2 Å². The number of rotatable bonds is 4. The predicted molar refractivity (Wildman–Crippen MR) is 138 cm³/mol. The molecular formula is C26H21F4N9O. The van der Waals surface area contributed by atoms with Crippen LogP contribution in [0, 0.1) is 19.7 Å². The van der Waals surface area contributed by atoms with Gasteiger partial charge in [-0.3, -0.25) is 18.8 Å². The molecule has 10 nitrogen and oxygen atoms in total. The number of nitrogens with zero attached hydrogens (tertiary/aromatic N) is 8. The van der Waals surface area contributed by atoms with Gasteiger partial charge in [0.2, 0.25) is 0 Å². The minimum atomic E-state index is -4.53. The Morgan fingerprint density at radius 3 is 2.55 bits per heavy atom. The van der Waals surface area contributed by atoms with Crippen molar-refractivity contribution < 1.29 is 22.4 Å². The summed E-state index contributed by atoms with van der Waals surface area (Å²) in [6.07, 6.45) is 0.917. The first-order chi connectivity index (χ1) is 18.9. The van der Waals surface area contributed by atoms with Gasteiger partial charge in [0.15, 0.2) is 0 Å². The summed E-state index contributed by atoms with van der Waals surface area (Å²) in [7, 11) is 1.67. The van der Waals surface area contributed by atoms with Crippen molar-refractivity contribution in [3.63, 3.8) is 0 Å². The van der Waals surface area contributed by atoms with Crippen LogP contribution in [0.4, 0.5) is 29.1 Å². The molecule has 0 radical (unpaired) electrons. The van der Waals surface area contributed by atoms with E-state index < -0.39 is 23.5 Å². The number of hydrogen-bond acceptors (Lipinski definition) is 6. The van der Waals surface area contributed by atoms with Crippen LogP contribution in [0.2, 0.25) is 0 Å². The first-order valence-electron chi connectivity index (χ1n) is 12.0. The van der Waals surface area contributed by atoms with E-state index in [-0.39, 0.29) is 29.1 Å².